The Bertz CT molecular complexity index is 1450. The molecule has 0 spiro atoms. The summed E-state index contributed by atoms with van der Waals surface area (Å²) in [4.78, 5) is 36.1. The molecule has 0 aliphatic carbocycles. The number of carbonyl (C=O) groups is 2. The second-order valence-corrected chi connectivity index (χ2v) is 11.7. The van der Waals surface area contributed by atoms with Crippen LogP contribution >= 0.6 is 11.6 Å². The number of likely N-dealkylation sites (tertiary alicyclic amines) is 1. The molecule has 2 saturated heterocycles. The van der Waals surface area contributed by atoms with Gasteiger partial charge in [-0.3, -0.25) is 4.79 Å². The zero-order chi connectivity index (χ0) is 30.9. The minimum Gasteiger partial charge on any atom is -0.410 e. The van der Waals surface area contributed by atoms with Gasteiger partial charge in [0.2, 0.25) is 5.91 Å². The van der Waals surface area contributed by atoms with Crippen LogP contribution in [0.1, 0.15) is 30.9 Å². The lowest BCUT2D eigenvalue weighted by Crippen LogP contribution is -2.50. The van der Waals surface area contributed by atoms with E-state index in [1.807, 2.05) is 24.0 Å². The largest absolute Gasteiger partial charge is 0.417 e. The van der Waals surface area contributed by atoms with Gasteiger partial charge >= 0.3 is 12.3 Å². The Morgan fingerprint density at radius 3 is 2.26 bits per heavy atom. The molecule has 2 aromatic carbocycles. The van der Waals surface area contributed by atoms with Crippen LogP contribution in [0.25, 0.3) is 0 Å². The molecule has 2 aliphatic heterocycles. The van der Waals surface area contributed by atoms with Gasteiger partial charge in [0.1, 0.15) is 17.4 Å². The van der Waals surface area contributed by atoms with E-state index in [1.165, 1.54) is 35.2 Å². The van der Waals surface area contributed by atoms with Crippen LogP contribution in [0.2, 0.25) is 5.02 Å². The zero-order valence-corrected chi connectivity index (χ0v) is 24.4. The number of rotatable bonds is 5. The van der Waals surface area contributed by atoms with Gasteiger partial charge in [0.25, 0.3) is 0 Å². The van der Waals surface area contributed by atoms with Crippen molar-refractivity contribution in [2.45, 2.75) is 37.4 Å². The number of aromatic nitrogens is 1. The maximum absolute atomic E-state index is 13.8. The summed E-state index contributed by atoms with van der Waals surface area (Å²) in [5, 5.41) is 0.563. The van der Waals surface area contributed by atoms with E-state index < -0.39 is 35.1 Å². The molecular formula is C31H31ClF4N4O3. The first kappa shape index (κ1) is 30.6. The van der Waals surface area contributed by atoms with Gasteiger partial charge in [-0.1, -0.05) is 30.7 Å². The van der Waals surface area contributed by atoms with Crippen molar-refractivity contribution in [2.24, 2.45) is 5.92 Å². The van der Waals surface area contributed by atoms with Crippen molar-refractivity contribution in [1.82, 2.24) is 14.8 Å². The van der Waals surface area contributed by atoms with Crippen LogP contribution in [0.3, 0.4) is 0 Å². The van der Waals surface area contributed by atoms with E-state index in [0.717, 1.165) is 17.8 Å². The minimum absolute atomic E-state index is 0.0389. The van der Waals surface area contributed by atoms with Crippen LogP contribution in [0.4, 0.5) is 28.2 Å². The number of hydrogen-bond donors (Lipinski definition) is 0. The number of carbonyl (C=O) groups excluding carboxylic acids is 2. The van der Waals surface area contributed by atoms with Crippen molar-refractivity contribution >= 4 is 29.4 Å². The molecular weight excluding hydrogens is 588 g/mol. The molecule has 0 N–H and O–H groups in total. The van der Waals surface area contributed by atoms with Crippen LogP contribution in [0.15, 0.2) is 66.9 Å². The van der Waals surface area contributed by atoms with Gasteiger partial charge in [0, 0.05) is 55.8 Å². The number of ether oxygens (including phenoxy) is 1. The second-order valence-electron chi connectivity index (χ2n) is 11.3. The Morgan fingerprint density at radius 1 is 1.02 bits per heavy atom. The van der Waals surface area contributed by atoms with Gasteiger partial charge < -0.3 is 19.4 Å². The van der Waals surface area contributed by atoms with Crippen molar-refractivity contribution in [2.75, 3.05) is 38.1 Å². The number of hydrogen-bond acceptors (Lipinski definition) is 5. The molecule has 3 aromatic rings. The number of halogens is 5. The molecule has 2 amide bonds. The summed E-state index contributed by atoms with van der Waals surface area (Å²) >= 11 is 6.14. The first-order valence-electron chi connectivity index (χ1n) is 13.9. The van der Waals surface area contributed by atoms with Crippen molar-refractivity contribution in [3.05, 3.63) is 88.8 Å². The number of pyridine rings is 1. The van der Waals surface area contributed by atoms with E-state index in [9.17, 15) is 27.2 Å². The number of amides is 2. The lowest BCUT2D eigenvalue weighted by atomic mass is 9.77. The van der Waals surface area contributed by atoms with Gasteiger partial charge in [-0.05, 0) is 66.9 Å². The fraction of sp³-hybridized carbons (Fsp3) is 0.387. The van der Waals surface area contributed by atoms with Crippen LogP contribution in [0.5, 0.6) is 5.75 Å². The standard InChI is InChI=1S/C31H31ClF4N4O3/c1-30(21-3-6-23(32)7-4-21)19-40(18-26(30)38(2)29(42)43-25-10-8-24(33)9-11-25)28(41)20-13-15-39(16-14-20)27-12-5-22(17-37-27)31(34,35)36/h3-12,17,20,26H,13-16,18-19H2,1-2H3/t26-,30+/m1/s1. The molecule has 0 bridgehead atoms. The highest BCUT2D eigenvalue weighted by atomic mass is 35.5. The molecule has 0 radical (unpaired) electrons. The molecule has 2 aliphatic rings. The van der Waals surface area contributed by atoms with Crippen molar-refractivity contribution in [3.8, 4) is 5.75 Å². The molecule has 0 unspecified atom stereocenters. The Kier molecular flexibility index (Phi) is 8.56. The van der Waals surface area contributed by atoms with E-state index in [-0.39, 0.29) is 24.1 Å². The van der Waals surface area contributed by atoms with Gasteiger partial charge in [0.15, 0.2) is 0 Å². The van der Waals surface area contributed by atoms with Crippen LogP contribution in [0, 0.1) is 11.7 Å². The maximum Gasteiger partial charge on any atom is 0.417 e. The molecule has 5 rings (SSSR count). The molecule has 3 heterocycles. The summed E-state index contributed by atoms with van der Waals surface area (Å²) in [6, 6.07) is 14.4. The number of anilines is 1. The highest BCUT2D eigenvalue weighted by Crippen LogP contribution is 2.39. The first-order valence-corrected chi connectivity index (χ1v) is 14.3. The van der Waals surface area contributed by atoms with Crippen LogP contribution < -0.4 is 9.64 Å². The summed E-state index contributed by atoms with van der Waals surface area (Å²) in [7, 11) is 1.62. The predicted molar refractivity (Wildman–Crippen MR) is 154 cm³/mol. The van der Waals surface area contributed by atoms with Gasteiger partial charge in [-0.15, -0.1) is 0 Å². The topological polar surface area (TPSA) is 66.0 Å². The SMILES string of the molecule is CN(C(=O)Oc1ccc(F)cc1)[C@@H]1CN(C(=O)C2CCN(c3ccc(C(F)(F)F)cn3)CC2)C[C@@]1(C)c1ccc(Cl)cc1. The van der Waals surface area contributed by atoms with E-state index in [4.69, 9.17) is 16.3 Å². The Hall–Kier alpha value is -3.86. The molecule has 2 fully saturated rings. The van der Waals surface area contributed by atoms with Gasteiger partial charge in [-0.25, -0.2) is 14.2 Å². The number of likely N-dealkylation sites (N-methyl/N-ethyl adjacent to an activating group) is 1. The maximum atomic E-state index is 13.8. The summed E-state index contributed by atoms with van der Waals surface area (Å²) in [6.45, 7) is 3.57. The normalized spacial score (nSPS) is 21.1. The van der Waals surface area contributed by atoms with Crippen LogP contribution in [-0.2, 0) is 16.4 Å². The fourth-order valence-corrected chi connectivity index (χ4v) is 6.09. The van der Waals surface area contributed by atoms with Crippen LogP contribution in [-0.4, -0.2) is 66.1 Å². The monoisotopic (exact) mass is 618 g/mol. The zero-order valence-electron chi connectivity index (χ0n) is 23.7. The smallest absolute Gasteiger partial charge is 0.410 e. The van der Waals surface area contributed by atoms with Crippen molar-refractivity contribution in [3.63, 3.8) is 0 Å². The molecule has 43 heavy (non-hydrogen) atoms. The van der Waals surface area contributed by atoms with E-state index in [1.54, 1.807) is 24.1 Å². The molecule has 1 aromatic heterocycles. The second kappa shape index (κ2) is 12.0. The Labute approximate surface area is 252 Å². The third kappa shape index (κ3) is 6.56. The molecule has 2 atom stereocenters. The number of benzene rings is 2. The average molecular weight is 619 g/mol. The van der Waals surface area contributed by atoms with Crippen molar-refractivity contribution < 1.29 is 31.9 Å². The van der Waals surface area contributed by atoms with E-state index in [2.05, 4.69) is 4.98 Å². The summed E-state index contributed by atoms with van der Waals surface area (Å²) < 4.78 is 57.6. The molecule has 0 saturated carbocycles. The number of alkyl halides is 3. The van der Waals surface area contributed by atoms with E-state index >= 15 is 0 Å². The average Bonchev–Trinajstić information content (AvgIpc) is 3.35. The Balaban J connectivity index is 1.29. The Morgan fingerprint density at radius 2 is 1.67 bits per heavy atom. The van der Waals surface area contributed by atoms with E-state index in [0.29, 0.717) is 43.3 Å². The third-order valence-electron chi connectivity index (χ3n) is 8.48. The number of nitrogens with zero attached hydrogens (tertiary/aromatic N) is 4. The third-order valence-corrected chi connectivity index (χ3v) is 8.73. The molecule has 228 valence electrons. The summed E-state index contributed by atoms with van der Waals surface area (Å²) in [5.41, 5.74) is -0.552. The molecule has 7 nitrogen and oxygen atoms in total. The predicted octanol–water partition coefficient (Wildman–Crippen LogP) is 6.41. The quantitative estimate of drug-likeness (QED) is 0.309. The van der Waals surface area contributed by atoms with Gasteiger partial charge in [0.05, 0.1) is 11.6 Å². The first-order chi connectivity index (χ1) is 20.3. The lowest BCUT2D eigenvalue weighted by molar-refractivity contribution is -0.138. The van der Waals surface area contributed by atoms with Crippen molar-refractivity contribution in [1.29, 1.82) is 0 Å². The lowest BCUT2D eigenvalue weighted by Gasteiger charge is -2.36. The molecule has 12 heteroatoms. The van der Waals surface area contributed by atoms with Gasteiger partial charge in [-0.2, -0.15) is 13.2 Å². The highest BCUT2D eigenvalue weighted by Gasteiger charge is 2.50. The minimum atomic E-state index is -4.45. The summed E-state index contributed by atoms with van der Waals surface area (Å²) in [6.07, 6.45) is -3.23. The highest BCUT2D eigenvalue weighted by molar-refractivity contribution is 6.30. The fourth-order valence-electron chi connectivity index (χ4n) is 5.97. The number of piperidine rings is 1. The summed E-state index contributed by atoms with van der Waals surface area (Å²) in [5.74, 6) is -0.128.